The van der Waals surface area contributed by atoms with Crippen LogP contribution in [0.3, 0.4) is 0 Å². The number of nitrogens with zero attached hydrogens (tertiary/aromatic N) is 1. The first-order valence-electron chi connectivity index (χ1n) is 3.55. The average Bonchev–Trinajstić information content (AvgIpc) is 1.81. The van der Waals surface area contributed by atoms with Crippen LogP contribution in [-0.2, 0) is 9.84 Å². The topological polar surface area (TPSA) is 57.9 Å². The van der Waals surface area contributed by atoms with Crippen LogP contribution in [0.15, 0.2) is 0 Å². The maximum Gasteiger partial charge on any atom is 0.151 e. The molecule has 4 heteroatoms. The van der Waals surface area contributed by atoms with Gasteiger partial charge >= 0.3 is 0 Å². The minimum atomic E-state index is -2.97. The van der Waals surface area contributed by atoms with Crippen LogP contribution < -0.4 is 0 Å². The fourth-order valence-corrected chi connectivity index (χ4v) is 2.38. The predicted molar refractivity (Wildman–Crippen MR) is 43.7 cm³/mol. The third-order valence-electron chi connectivity index (χ3n) is 1.11. The van der Waals surface area contributed by atoms with Crippen LogP contribution in [0.2, 0.25) is 0 Å². The van der Waals surface area contributed by atoms with Crippen molar-refractivity contribution < 1.29 is 8.42 Å². The molecule has 0 radical (unpaired) electrons. The highest BCUT2D eigenvalue weighted by Crippen LogP contribution is 2.01. The Balaban J connectivity index is 3.94. The molecule has 0 N–H and O–H groups in total. The van der Waals surface area contributed by atoms with E-state index >= 15 is 0 Å². The summed E-state index contributed by atoms with van der Waals surface area (Å²) in [6.07, 6.45) is 0.106. The number of nitriles is 1. The first-order valence-corrected chi connectivity index (χ1v) is 5.37. The molecule has 0 aromatic rings. The second-order valence-electron chi connectivity index (χ2n) is 2.92. The molecule has 0 unspecified atom stereocenters. The molecule has 0 aliphatic heterocycles. The lowest BCUT2D eigenvalue weighted by atomic mass is 10.3. The molecule has 0 atom stereocenters. The lowest BCUT2D eigenvalue weighted by Crippen LogP contribution is -2.14. The summed E-state index contributed by atoms with van der Waals surface area (Å²) in [6, 6.07) is 1.82. The molecule has 0 bridgehead atoms. The molecule has 0 saturated heterocycles. The lowest BCUT2D eigenvalue weighted by molar-refractivity contribution is 0.582. The Morgan fingerprint density at radius 2 is 2.00 bits per heavy atom. The van der Waals surface area contributed by atoms with Gasteiger partial charge in [-0.1, -0.05) is 13.8 Å². The third kappa shape index (κ3) is 5.86. The van der Waals surface area contributed by atoms with Crippen LogP contribution >= 0.6 is 0 Å². The van der Waals surface area contributed by atoms with Crippen molar-refractivity contribution in [1.82, 2.24) is 0 Å². The summed E-state index contributed by atoms with van der Waals surface area (Å²) < 4.78 is 22.1. The van der Waals surface area contributed by atoms with Crippen molar-refractivity contribution in [3.8, 4) is 6.07 Å². The van der Waals surface area contributed by atoms with Crippen molar-refractivity contribution in [2.45, 2.75) is 20.3 Å². The van der Waals surface area contributed by atoms with Gasteiger partial charge < -0.3 is 0 Å². The smallest absolute Gasteiger partial charge is 0.151 e. The summed E-state index contributed by atoms with van der Waals surface area (Å²) in [5.74, 6) is 0.342. The van der Waals surface area contributed by atoms with E-state index in [9.17, 15) is 8.42 Å². The summed E-state index contributed by atoms with van der Waals surface area (Å²) in [4.78, 5) is 0. The van der Waals surface area contributed by atoms with Gasteiger partial charge in [0.25, 0.3) is 0 Å². The first kappa shape index (κ1) is 10.4. The molecule has 0 aliphatic rings. The molecular formula is C7H13NO2S. The summed E-state index contributed by atoms with van der Waals surface area (Å²) in [7, 11) is -2.97. The summed E-state index contributed by atoms with van der Waals surface area (Å²) in [5.41, 5.74) is 0. The molecule has 0 aromatic heterocycles. The van der Waals surface area contributed by atoms with E-state index in [4.69, 9.17) is 5.26 Å². The molecule has 0 amide bonds. The zero-order chi connectivity index (χ0) is 8.91. The van der Waals surface area contributed by atoms with Gasteiger partial charge in [0.1, 0.15) is 0 Å². The third-order valence-corrected chi connectivity index (χ3v) is 3.11. The largest absolute Gasteiger partial charge is 0.229 e. The standard InChI is InChI=1S/C7H13NO2S/c1-7(2)6-11(9,10)5-3-4-8/h7H,3,5-6H2,1-2H3. The molecule has 64 valence electrons. The fraction of sp³-hybridized carbons (Fsp3) is 0.857. The Labute approximate surface area is 67.9 Å². The Morgan fingerprint density at radius 1 is 1.45 bits per heavy atom. The quantitative estimate of drug-likeness (QED) is 0.639. The summed E-state index contributed by atoms with van der Waals surface area (Å²) in [5, 5.41) is 8.15. The van der Waals surface area contributed by atoms with E-state index < -0.39 is 9.84 Å². The van der Waals surface area contributed by atoms with Crippen molar-refractivity contribution in [3.63, 3.8) is 0 Å². The van der Waals surface area contributed by atoms with Crippen molar-refractivity contribution in [1.29, 1.82) is 5.26 Å². The molecule has 0 spiro atoms. The van der Waals surface area contributed by atoms with Gasteiger partial charge in [-0.3, -0.25) is 0 Å². The van der Waals surface area contributed by atoms with Crippen LogP contribution in [0.5, 0.6) is 0 Å². The molecule has 0 rings (SSSR count). The van der Waals surface area contributed by atoms with Gasteiger partial charge in [0.05, 0.1) is 17.6 Å². The van der Waals surface area contributed by atoms with E-state index in [0.717, 1.165) is 0 Å². The number of hydrogen-bond acceptors (Lipinski definition) is 3. The average molecular weight is 175 g/mol. The van der Waals surface area contributed by atoms with Crippen LogP contribution in [0, 0.1) is 17.2 Å². The van der Waals surface area contributed by atoms with Gasteiger partial charge in [-0.2, -0.15) is 5.26 Å². The van der Waals surface area contributed by atoms with Gasteiger partial charge in [-0.05, 0) is 5.92 Å². The van der Waals surface area contributed by atoms with Gasteiger partial charge in [0.2, 0.25) is 0 Å². The Bertz CT molecular complexity index is 236. The van der Waals surface area contributed by atoms with Crippen LogP contribution in [0.25, 0.3) is 0 Å². The minimum absolute atomic E-state index is 0.00167. The van der Waals surface area contributed by atoms with E-state index in [2.05, 4.69) is 0 Å². The zero-order valence-electron chi connectivity index (χ0n) is 6.87. The molecule has 0 aliphatic carbocycles. The Kier molecular flexibility index (Phi) is 4.12. The SMILES string of the molecule is CC(C)CS(=O)(=O)CCC#N. The Hall–Kier alpha value is -0.560. The van der Waals surface area contributed by atoms with Crippen molar-refractivity contribution in [2.75, 3.05) is 11.5 Å². The van der Waals surface area contributed by atoms with E-state index in [1.807, 2.05) is 19.9 Å². The van der Waals surface area contributed by atoms with Crippen LogP contribution in [0.4, 0.5) is 0 Å². The summed E-state index contributed by atoms with van der Waals surface area (Å²) >= 11 is 0. The highest BCUT2D eigenvalue weighted by atomic mass is 32.2. The van der Waals surface area contributed by atoms with E-state index in [0.29, 0.717) is 0 Å². The number of hydrogen-bond donors (Lipinski definition) is 0. The van der Waals surface area contributed by atoms with E-state index in [-0.39, 0.29) is 23.8 Å². The van der Waals surface area contributed by atoms with Crippen molar-refractivity contribution in [3.05, 3.63) is 0 Å². The van der Waals surface area contributed by atoms with Crippen LogP contribution in [0.1, 0.15) is 20.3 Å². The molecule has 11 heavy (non-hydrogen) atoms. The van der Waals surface area contributed by atoms with Gasteiger partial charge in [-0.15, -0.1) is 0 Å². The van der Waals surface area contributed by atoms with E-state index in [1.165, 1.54) is 0 Å². The molecule has 0 fully saturated rings. The van der Waals surface area contributed by atoms with Crippen molar-refractivity contribution >= 4 is 9.84 Å². The molecule has 0 saturated carbocycles. The van der Waals surface area contributed by atoms with Gasteiger partial charge in [0, 0.05) is 6.42 Å². The maximum atomic E-state index is 11.0. The Morgan fingerprint density at radius 3 is 2.36 bits per heavy atom. The number of sulfone groups is 1. The van der Waals surface area contributed by atoms with Crippen molar-refractivity contribution in [2.24, 2.45) is 5.92 Å². The molecule has 0 heterocycles. The monoisotopic (exact) mass is 175 g/mol. The van der Waals surface area contributed by atoms with Gasteiger partial charge in [0.15, 0.2) is 9.84 Å². The number of rotatable bonds is 4. The second kappa shape index (κ2) is 4.35. The summed E-state index contributed by atoms with van der Waals surface area (Å²) in [6.45, 7) is 3.70. The zero-order valence-corrected chi connectivity index (χ0v) is 7.69. The molecule has 3 nitrogen and oxygen atoms in total. The fourth-order valence-electron chi connectivity index (χ4n) is 0.792. The maximum absolute atomic E-state index is 11.0. The first-order chi connectivity index (χ1) is 4.98. The highest BCUT2D eigenvalue weighted by Gasteiger charge is 2.11. The van der Waals surface area contributed by atoms with Crippen LogP contribution in [-0.4, -0.2) is 19.9 Å². The van der Waals surface area contributed by atoms with E-state index in [1.54, 1.807) is 0 Å². The molecule has 0 aromatic carbocycles. The predicted octanol–water partition coefficient (Wildman–Crippen LogP) is 0.971. The minimum Gasteiger partial charge on any atom is -0.229 e. The second-order valence-corrected chi connectivity index (χ2v) is 5.15. The molecular weight excluding hydrogens is 162 g/mol. The normalized spacial score (nSPS) is 11.5. The van der Waals surface area contributed by atoms with Gasteiger partial charge in [-0.25, -0.2) is 8.42 Å². The lowest BCUT2D eigenvalue weighted by Gasteiger charge is -2.03. The highest BCUT2D eigenvalue weighted by molar-refractivity contribution is 7.91.